The number of anilines is 4. The SMILES string of the molecule is Cc1csc2nc(Nc3ccc(N4CCN(C)CC4)cc3)nc(NC(C)C)c12. The number of likely N-dealkylation sites (N-methyl/N-ethyl adjacent to an activating group) is 1. The fourth-order valence-electron chi connectivity index (χ4n) is 3.47. The number of hydrogen-bond acceptors (Lipinski definition) is 7. The summed E-state index contributed by atoms with van der Waals surface area (Å²) in [6.07, 6.45) is 0. The minimum absolute atomic E-state index is 0.313. The van der Waals surface area contributed by atoms with Gasteiger partial charge < -0.3 is 20.4 Å². The van der Waals surface area contributed by atoms with Gasteiger partial charge in [0.15, 0.2) is 0 Å². The van der Waals surface area contributed by atoms with Gasteiger partial charge in [-0.2, -0.15) is 4.98 Å². The van der Waals surface area contributed by atoms with E-state index in [9.17, 15) is 0 Å². The summed E-state index contributed by atoms with van der Waals surface area (Å²) < 4.78 is 0. The lowest BCUT2D eigenvalue weighted by Crippen LogP contribution is -2.44. The molecule has 0 radical (unpaired) electrons. The first-order valence-corrected chi connectivity index (χ1v) is 10.7. The minimum Gasteiger partial charge on any atom is -0.369 e. The topological polar surface area (TPSA) is 56.3 Å². The minimum atomic E-state index is 0.313. The van der Waals surface area contributed by atoms with E-state index in [1.54, 1.807) is 11.3 Å². The Labute approximate surface area is 170 Å². The Morgan fingerprint density at radius 3 is 2.43 bits per heavy atom. The van der Waals surface area contributed by atoms with Crippen LogP contribution in [0.3, 0.4) is 0 Å². The molecule has 4 rings (SSSR count). The summed E-state index contributed by atoms with van der Waals surface area (Å²) in [7, 11) is 2.18. The van der Waals surface area contributed by atoms with Crippen molar-refractivity contribution in [2.45, 2.75) is 26.8 Å². The molecule has 2 N–H and O–H groups in total. The number of fused-ring (bicyclic) bond motifs is 1. The highest BCUT2D eigenvalue weighted by Crippen LogP contribution is 2.31. The lowest BCUT2D eigenvalue weighted by Gasteiger charge is -2.34. The van der Waals surface area contributed by atoms with Crippen LogP contribution in [0.5, 0.6) is 0 Å². The molecule has 0 unspecified atom stereocenters. The van der Waals surface area contributed by atoms with Crippen molar-refractivity contribution >= 4 is 44.7 Å². The van der Waals surface area contributed by atoms with Gasteiger partial charge in [-0.3, -0.25) is 0 Å². The molecule has 148 valence electrons. The molecular weight excluding hydrogens is 368 g/mol. The molecule has 3 heterocycles. The first-order chi connectivity index (χ1) is 13.5. The first kappa shape index (κ1) is 19.0. The fourth-order valence-corrected chi connectivity index (χ4v) is 4.39. The van der Waals surface area contributed by atoms with Gasteiger partial charge in [0.25, 0.3) is 0 Å². The quantitative estimate of drug-likeness (QED) is 0.670. The van der Waals surface area contributed by atoms with Crippen LogP contribution in [0.1, 0.15) is 19.4 Å². The van der Waals surface area contributed by atoms with E-state index in [0.29, 0.717) is 12.0 Å². The van der Waals surface area contributed by atoms with E-state index in [1.165, 1.54) is 11.3 Å². The summed E-state index contributed by atoms with van der Waals surface area (Å²) >= 11 is 1.66. The van der Waals surface area contributed by atoms with Crippen LogP contribution in [0.25, 0.3) is 10.2 Å². The molecule has 0 atom stereocenters. The smallest absolute Gasteiger partial charge is 0.230 e. The third kappa shape index (κ3) is 4.05. The van der Waals surface area contributed by atoms with E-state index in [0.717, 1.165) is 47.9 Å². The third-order valence-corrected chi connectivity index (χ3v) is 6.02. The van der Waals surface area contributed by atoms with Crippen LogP contribution in [-0.4, -0.2) is 54.1 Å². The summed E-state index contributed by atoms with van der Waals surface area (Å²) in [5, 5.41) is 10.1. The Bertz CT molecular complexity index is 941. The van der Waals surface area contributed by atoms with Crippen molar-refractivity contribution in [1.29, 1.82) is 0 Å². The van der Waals surface area contributed by atoms with Gasteiger partial charge in [-0.05, 0) is 63.0 Å². The number of hydrogen-bond donors (Lipinski definition) is 2. The highest BCUT2D eigenvalue weighted by Gasteiger charge is 2.15. The molecule has 0 amide bonds. The molecule has 0 saturated carbocycles. The fraction of sp³-hybridized carbons (Fsp3) is 0.429. The van der Waals surface area contributed by atoms with Crippen molar-refractivity contribution in [3.63, 3.8) is 0 Å². The third-order valence-electron chi connectivity index (χ3n) is 5.03. The van der Waals surface area contributed by atoms with Crippen LogP contribution in [0.15, 0.2) is 29.6 Å². The summed E-state index contributed by atoms with van der Waals surface area (Å²) in [4.78, 5) is 15.3. The number of nitrogens with one attached hydrogen (secondary N) is 2. The van der Waals surface area contributed by atoms with Crippen molar-refractivity contribution in [3.05, 3.63) is 35.2 Å². The lowest BCUT2D eigenvalue weighted by atomic mass is 10.2. The summed E-state index contributed by atoms with van der Waals surface area (Å²) in [5.41, 5.74) is 3.48. The van der Waals surface area contributed by atoms with Gasteiger partial charge in [0.2, 0.25) is 5.95 Å². The largest absolute Gasteiger partial charge is 0.369 e. The number of aryl methyl sites for hydroxylation is 1. The maximum Gasteiger partial charge on any atom is 0.230 e. The van der Waals surface area contributed by atoms with E-state index < -0.39 is 0 Å². The Kier molecular flexibility index (Phi) is 5.37. The predicted octanol–water partition coefficient (Wildman–Crippen LogP) is 4.32. The lowest BCUT2D eigenvalue weighted by molar-refractivity contribution is 0.313. The second-order valence-electron chi connectivity index (χ2n) is 7.76. The predicted molar refractivity (Wildman–Crippen MR) is 120 cm³/mol. The molecule has 1 aliphatic heterocycles. The zero-order valence-corrected chi connectivity index (χ0v) is 17.8. The molecule has 1 fully saturated rings. The molecular formula is C21H28N6S. The normalized spacial score (nSPS) is 15.4. The number of thiophene rings is 1. The molecule has 28 heavy (non-hydrogen) atoms. The van der Waals surface area contributed by atoms with Gasteiger partial charge in [-0.25, -0.2) is 4.98 Å². The number of piperazine rings is 1. The molecule has 0 bridgehead atoms. The molecule has 2 aromatic heterocycles. The number of benzene rings is 1. The number of nitrogens with zero attached hydrogens (tertiary/aromatic N) is 4. The number of rotatable bonds is 5. The van der Waals surface area contributed by atoms with E-state index in [-0.39, 0.29) is 0 Å². The summed E-state index contributed by atoms with van der Waals surface area (Å²) in [5.74, 6) is 1.53. The van der Waals surface area contributed by atoms with Gasteiger partial charge in [-0.15, -0.1) is 11.3 Å². The van der Waals surface area contributed by atoms with Crippen LogP contribution in [0.2, 0.25) is 0 Å². The average Bonchev–Trinajstić information content (AvgIpc) is 3.04. The van der Waals surface area contributed by atoms with Crippen molar-refractivity contribution < 1.29 is 0 Å². The van der Waals surface area contributed by atoms with Crippen LogP contribution in [0.4, 0.5) is 23.1 Å². The zero-order valence-electron chi connectivity index (χ0n) is 17.0. The second kappa shape index (κ2) is 7.93. The highest BCUT2D eigenvalue weighted by molar-refractivity contribution is 7.17. The Morgan fingerprint density at radius 2 is 1.75 bits per heavy atom. The Hall–Kier alpha value is -2.38. The first-order valence-electron chi connectivity index (χ1n) is 9.82. The van der Waals surface area contributed by atoms with Gasteiger partial charge in [0.05, 0.1) is 5.39 Å². The second-order valence-corrected chi connectivity index (χ2v) is 8.61. The van der Waals surface area contributed by atoms with Crippen LogP contribution in [-0.2, 0) is 0 Å². The average molecular weight is 397 g/mol. The molecule has 6 nitrogen and oxygen atoms in total. The van der Waals surface area contributed by atoms with Crippen LogP contribution < -0.4 is 15.5 Å². The molecule has 1 aromatic carbocycles. The Morgan fingerprint density at radius 1 is 1.04 bits per heavy atom. The zero-order chi connectivity index (χ0) is 19.7. The van der Waals surface area contributed by atoms with Crippen molar-refractivity contribution in [2.75, 3.05) is 48.8 Å². The molecule has 7 heteroatoms. The van der Waals surface area contributed by atoms with E-state index >= 15 is 0 Å². The van der Waals surface area contributed by atoms with E-state index in [2.05, 4.69) is 77.9 Å². The van der Waals surface area contributed by atoms with Gasteiger partial charge >= 0.3 is 0 Å². The van der Waals surface area contributed by atoms with Gasteiger partial charge in [0, 0.05) is 43.6 Å². The maximum absolute atomic E-state index is 4.75. The standard InChI is InChI=1S/C21H28N6S/c1-14(2)22-19-18-15(3)13-28-20(18)25-21(24-19)23-16-5-7-17(8-6-16)27-11-9-26(4)10-12-27/h5-8,13-14H,9-12H2,1-4H3,(H2,22,23,24,25). The molecule has 1 aliphatic rings. The van der Waals surface area contributed by atoms with Crippen LogP contribution >= 0.6 is 11.3 Å². The van der Waals surface area contributed by atoms with Crippen LogP contribution in [0, 0.1) is 6.92 Å². The molecule has 0 aliphatic carbocycles. The van der Waals surface area contributed by atoms with E-state index in [4.69, 9.17) is 9.97 Å². The monoisotopic (exact) mass is 396 g/mol. The molecule has 0 spiro atoms. The number of aromatic nitrogens is 2. The van der Waals surface area contributed by atoms with Crippen molar-refractivity contribution in [1.82, 2.24) is 14.9 Å². The van der Waals surface area contributed by atoms with Gasteiger partial charge in [0.1, 0.15) is 10.6 Å². The van der Waals surface area contributed by atoms with Crippen molar-refractivity contribution in [2.24, 2.45) is 0 Å². The summed E-state index contributed by atoms with van der Waals surface area (Å²) in [6, 6.07) is 8.88. The van der Waals surface area contributed by atoms with Crippen molar-refractivity contribution in [3.8, 4) is 0 Å². The van der Waals surface area contributed by atoms with E-state index in [1.807, 2.05) is 0 Å². The van der Waals surface area contributed by atoms with Gasteiger partial charge in [-0.1, -0.05) is 0 Å². The molecule has 3 aromatic rings. The highest BCUT2D eigenvalue weighted by atomic mass is 32.1. The molecule has 1 saturated heterocycles. The Balaban J connectivity index is 1.54. The summed E-state index contributed by atoms with van der Waals surface area (Å²) in [6.45, 7) is 10.7. The maximum atomic E-state index is 4.75.